The molecule has 1 aliphatic heterocycles. The van der Waals surface area contributed by atoms with E-state index in [-0.39, 0.29) is 5.91 Å². The van der Waals surface area contributed by atoms with Crippen molar-refractivity contribution in [2.24, 2.45) is 0 Å². The number of nitrogens with two attached hydrogens (primary N) is 1. The van der Waals surface area contributed by atoms with E-state index >= 15 is 0 Å². The molecule has 3 aromatic rings. The van der Waals surface area contributed by atoms with Crippen molar-refractivity contribution in [2.75, 3.05) is 47.4 Å². The quantitative estimate of drug-likeness (QED) is 0.521. The van der Waals surface area contributed by atoms with E-state index in [4.69, 9.17) is 17.3 Å². The first-order chi connectivity index (χ1) is 15.0. The number of carbonyl (C=O) groups excluding carboxylic acids is 1. The van der Waals surface area contributed by atoms with Gasteiger partial charge in [0.25, 0.3) is 0 Å². The van der Waals surface area contributed by atoms with Crippen molar-refractivity contribution in [3.8, 4) is 0 Å². The number of rotatable bonds is 5. The van der Waals surface area contributed by atoms with Crippen LogP contribution in [0.15, 0.2) is 54.7 Å². The maximum atomic E-state index is 11.5. The number of halogens is 1. The fraction of sp³-hybridized carbons (Fsp3) is 0.227. The zero-order valence-electron chi connectivity index (χ0n) is 17.2. The standard InChI is InChI=1S/C22H24ClN7O/c1-15(31)29-9-11-30(12-10-29)19-7-5-17(6-8-19)27-22-25-14-20(23)21(28-22)26-18-4-2-3-16(24)13-18/h2-8,13-14H,9-12,24H2,1H3,(H2,25,26,27,28). The molecule has 2 aromatic carbocycles. The number of benzene rings is 2. The highest BCUT2D eigenvalue weighted by Crippen LogP contribution is 2.26. The van der Waals surface area contributed by atoms with Gasteiger partial charge in [-0.2, -0.15) is 4.98 Å². The molecular weight excluding hydrogens is 414 g/mol. The molecule has 1 aromatic heterocycles. The first-order valence-corrected chi connectivity index (χ1v) is 10.4. The van der Waals surface area contributed by atoms with E-state index in [9.17, 15) is 4.79 Å². The van der Waals surface area contributed by atoms with Crippen molar-refractivity contribution in [3.63, 3.8) is 0 Å². The number of hydrogen-bond acceptors (Lipinski definition) is 7. The van der Waals surface area contributed by atoms with Crippen molar-refractivity contribution < 1.29 is 4.79 Å². The molecule has 0 bridgehead atoms. The SMILES string of the molecule is CC(=O)N1CCN(c2ccc(Nc3ncc(Cl)c(Nc4cccc(N)c4)n3)cc2)CC1. The molecule has 31 heavy (non-hydrogen) atoms. The second-order valence-corrected chi connectivity index (χ2v) is 7.71. The summed E-state index contributed by atoms with van der Waals surface area (Å²) in [7, 11) is 0. The van der Waals surface area contributed by atoms with Crippen molar-refractivity contribution in [2.45, 2.75) is 6.92 Å². The molecule has 4 N–H and O–H groups in total. The summed E-state index contributed by atoms with van der Waals surface area (Å²) in [6.07, 6.45) is 1.55. The second-order valence-electron chi connectivity index (χ2n) is 7.31. The van der Waals surface area contributed by atoms with Crippen molar-refractivity contribution in [3.05, 3.63) is 59.8 Å². The lowest BCUT2D eigenvalue weighted by atomic mass is 10.2. The highest BCUT2D eigenvalue weighted by Gasteiger charge is 2.18. The normalized spacial score (nSPS) is 13.7. The zero-order chi connectivity index (χ0) is 21.8. The number of hydrogen-bond donors (Lipinski definition) is 3. The summed E-state index contributed by atoms with van der Waals surface area (Å²) in [4.78, 5) is 24.4. The molecule has 1 fully saturated rings. The van der Waals surface area contributed by atoms with E-state index in [1.807, 2.05) is 47.4 Å². The Kier molecular flexibility index (Phi) is 6.08. The minimum Gasteiger partial charge on any atom is -0.399 e. The number of amides is 1. The molecule has 1 amide bonds. The third-order valence-electron chi connectivity index (χ3n) is 5.11. The average molecular weight is 438 g/mol. The molecule has 0 saturated carbocycles. The number of carbonyl (C=O) groups is 1. The van der Waals surface area contributed by atoms with Crippen LogP contribution < -0.4 is 21.3 Å². The lowest BCUT2D eigenvalue weighted by Gasteiger charge is -2.35. The fourth-order valence-electron chi connectivity index (χ4n) is 3.43. The molecule has 0 spiro atoms. The van der Waals surface area contributed by atoms with Crippen molar-refractivity contribution in [1.29, 1.82) is 0 Å². The van der Waals surface area contributed by atoms with Crippen LogP contribution in [0, 0.1) is 0 Å². The van der Waals surface area contributed by atoms with Crippen LogP contribution in [-0.4, -0.2) is 47.0 Å². The summed E-state index contributed by atoms with van der Waals surface area (Å²) in [5.74, 6) is 1.05. The van der Waals surface area contributed by atoms with Gasteiger partial charge in [-0.15, -0.1) is 0 Å². The van der Waals surface area contributed by atoms with Crippen LogP contribution in [0.5, 0.6) is 0 Å². The molecule has 4 rings (SSSR count). The molecule has 8 nitrogen and oxygen atoms in total. The average Bonchev–Trinajstić information content (AvgIpc) is 2.77. The predicted octanol–water partition coefficient (Wildman–Crippen LogP) is 3.87. The Morgan fingerprint density at radius 2 is 1.77 bits per heavy atom. The predicted molar refractivity (Wildman–Crippen MR) is 125 cm³/mol. The number of nitrogens with one attached hydrogen (secondary N) is 2. The number of aromatic nitrogens is 2. The summed E-state index contributed by atoms with van der Waals surface area (Å²) in [6.45, 7) is 4.76. The van der Waals surface area contributed by atoms with E-state index in [0.717, 1.165) is 43.2 Å². The van der Waals surface area contributed by atoms with Gasteiger partial charge in [0.15, 0.2) is 5.82 Å². The van der Waals surface area contributed by atoms with Crippen molar-refractivity contribution in [1.82, 2.24) is 14.9 Å². The fourth-order valence-corrected chi connectivity index (χ4v) is 3.57. The Morgan fingerprint density at radius 1 is 1.03 bits per heavy atom. The van der Waals surface area contributed by atoms with E-state index in [1.54, 1.807) is 19.2 Å². The molecule has 0 unspecified atom stereocenters. The van der Waals surface area contributed by atoms with Gasteiger partial charge < -0.3 is 26.2 Å². The Morgan fingerprint density at radius 3 is 2.45 bits per heavy atom. The number of nitrogen functional groups attached to an aromatic ring is 1. The molecule has 2 heterocycles. The Balaban J connectivity index is 1.42. The van der Waals surface area contributed by atoms with Gasteiger partial charge in [-0.3, -0.25) is 4.79 Å². The van der Waals surface area contributed by atoms with Crippen LogP contribution in [0.2, 0.25) is 5.02 Å². The van der Waals surface area contributed by atoms with E-state index < -0.39 is 0 Å². The van der Waals surface area contributed by atoms with Gasteiger partial charge in [0.1, 0.15) is 5.02 Å². The van der Waals surface area contributed by atoms with Crippen LogP contribution in [-0.2, 0) is 4.79 Å². The topological polar surface area (TPSA) is 99.4 Å². The monoisotopic (exact) mass is 437 g/mol. The summed E-state index contributed by atoms with van der Waals surface area (Å²) < 4.78 is 0. The summed E-state index contributed by atoms with van der Waals surface area (Å²) in [5.41, 5.74) is 9.26. The van der Waals surface area contributed by atoms with E-state index in [0.29, 0.717) is 22.5 Å². The molecule has 0 radical (unpaired) electrons. The summed E-state index contributed by atoms with van der Waals surface area (Å²) in [6, 6.07) is 15.4. The zero-order valence-corrected chi connectivity index (χ0v) is 17.9. The third-order valence-corrected chi connectivity index (χ3v) is 5.38. The van der Waals surface area contributed by atoms with Crippen molar-refractivity contribution >= 4 is 52.0 Å². The smallest absolute Gasteiger partial charge is 0.229 e. The van der Waals surface area contributed by atoms with Gasteiger partial charge >= 0.3 is 0 Å². The van der Waals surface area contributed by atoms with Gasteiger partial charge in [-0.1, -0.05) is 17.7 Å². The summed E-state index contributed by atoms with van der Waals surface area (Å²) >= 11 is 6.25. The van der Waals surface area contributed by atoms with Crippen LogP contribution in [0.25, 0.3) is 0 Å². The van der Waals surface area contributed by atoms with Gasteiger partial charge in [0, 0.05) is 55.9 Å². The highest BCUT2D eigenvalue weighted by atomic mass is 35.5. The Hall–Kier alpha value is -3.52. The molecular formula is C22H24ClN7O. The largest absolute Gasteiger partial charge is 0.399 e. The van der Waals surface area contributed by atoms with Crippen LogP contribution in [0.1, 0.15) is 6.92 Å². The Labute approximate surface area is 186 Å². The first-order valence-electron chi connectivity index (χ1n) is 10.0. The molecule has 0 aliphatic carbocycles. The summed E-state index contributed by atoms with van der Waals surface area (Å²) in [5, 5.41) is 6.78. The minimum absolute atomic E-state index is 0.131. The number of anilines is 6. The lowest BCUT2D eigenvalue weighted by molar-refractivity contribution is -0.129. The van der Waals surface area contributed by atoms with Gasteiger partial charge in [0.2, 0.25) is 11.9 Å². The minimum atomic E-state index is 0.131. The second kappa shape index (κ2) is 9.09. The molecule has 1 saturated heterocycles. The lowest BCUT2D eigenvalue weighted by Crippen LogP contribution is -2.48. The molecule has 0 atom stereocenters. The van der Waals surface area contributed by atoms with Crippen LogP contribution >= 0.6 is 11.6 Å². The van der Waals surface area contributed by atoms with Gasteiger partial charge in [0.05, 0.1) is 6.20 Å². The van der Waals surface area contributed by atoms with Crippen LogP contribution in [0.4, 0.5) is 34.5 Å². The van der Waals surface area contributed by atoms with Gasteiger partial charge in [-0.05, 0) is 42.5 Å². The molecule has 160 valence electrons. The van der Waals surface area contributed by atoms with Gasteiger partial charge in [-0.25, -0.2) is 4.98 Å². The van der Waals surface area contributed by atoms with Crippen LogP contribution in [0.3, 0.4) is 0 Å². The number of nitrogens with zero attached hydrogens (tertiary/aromatic N) is 4. The molecule has 1 aliphatic rings. The first kappa shape index (κ1) is 20.7. The third kappa shape index (κ3) is 5.16. The Bertz CT molecular complexity index is 1070. The van der Waals surface area contributed by atoms with E-state index in [1.165, 1.54) is 0 Å². The highest BCUT2D eigenvalue weighted by molar-refractivity contribution is 6.32. The maximum Gasteiger partial charge on any atom is 0.229 e. The molecule has 9 heteroatoms. The van der Waals surface area contributed by atoms with E-state index in [2.05, 4.69) is 25.5 Å². The maximum absolute atomic E-state index is 11.5. The number of piperazine rings is 1.